The highest BCUT2D eigenvalue weighted by Gasteiger charge is 2.55. The van der Waals surface area contributed by atoms with Crippen LogP contribution in [0.25, 0.3) is 0 Å². The van der Waals surface area contributed by atoms with E-state index in [0.717, 1.165) is 0 Å². The number of fused-ring (bicyclic) bond motifs is 2. The SMILES string of the molecule is CC(Oc1ccccc1)C(=O)O[C@]12C=C[C@@H](O1)[C@@H](C)C(=O)[C@H]2C. The zero-order chi connectivity index (χ0) is 16.6. The molecule has 5 nitrogen and oxygen atoms in total. The fraction of sp³-hybridized carbons (Fsp3) is 0.444. The van der Waals surface area contributed by atoms with Crippen LogP contribution in [0, 0.1) is 11.8 Å². The van der Waals surface area contributed by atoms with E-state index in [1.807, 2.05) is 25.1 Å². The minimum atomic E-state index is -1.31. The third kappa shape index (κ3) is 2.77. The number of ketones is 1. The molecule has 3 rings (SSSR count). The average Bonchev–Trinajstić information content (AvgIpc) is 2.95. The van der Waals surface area contributed by atoms with Crippen LogP contribution in [-0.4, -0.2) is 29.7 Å². The van der Waals surface area contributed by atoms with Gasteiger partial charge < -0.3 is 14.2 Å². The van der Waals surface area contributed by atoms with Gasteiger partial charge in [0, 0.05) is 5.92 Å². The first-order valence-electron chi connectivity index (χ1n) is 7.78. The topological polar surface area (TPSA) is 61.8 Å². The summed E-state index contributed by atoms with van der Waals surface area (Å²) in [5.74, 6) is -2.02. The Morgan fingerprint density at radius 1 is 1.26 bits per heavy atom. The molecule has 1 unspecified atom stereocenters. The van der Waals surface area contributed by atoms with Crippen molar-refractivity contribution in [1.82, 2.24) is 0 Å². The zero-order valence-corrected chi connectivity index (χ0v) is 13.4. The maximum atomic E-state index is 12.4. The van der Waals surface area contributed by atoms with E-state index in [9.17, 15) is 9.59 Å². The summed E-state index contributed by atoms with van der Waals surface area (Å²) in [4.78, 5) is 24.7. The predicted molar refractivity (Wildman–Crippen MR) is 82.7 cm³/mol. The fourth-order valence-electron chi connectivity index (χ4n) is 2.93. The molecule has 0 radical (unpaired) electrons. The van der Waals surface area contributed by atoms with E-state index in [0.29, 0.717) is 5.75 Å². The van der Waals surface area contributed by atoms with Gasteiger partial charge in [0.2, 0.25) is 5.79 Å². The first-order chi connectivity index (χ1) is 10.9. The lowest BCUT2D eigenvalue weighted by Crippen LogP contribution is -2.53. The smallest absolute Gasteiger partial charge is 0.349 e. The number of benzene rings is 1. The largest absolute Gasteiger partial charge is 0.479 e. The maximum Gasteiger partial charge on any atom is 0.349 e. The van der Waals surface area contributed by atoms with E-state index >= 15 is 0 Å². The molecule has 5 heteroatoms. The number of para-hydroxylation sites is 1. The Morgan fingerprint density at radius 2 is 1.96 bits per heavy atom. The van der Waals surface area contributed by atoms with Crippen molar-refractivity contribution in [2.45, 2.75) is 38.8 Å². The Hall–Kier alpha value is -2.14. The molecule has 2 bridgehead atoms. The van der Waals surface area contributed by atoms with Crippen LogP contribution in [0.3, 0.4) is 0 Å². The van der Waals surface area contributed by atoms with Gasteiger partial charge in [0.15, 0.2) is 6.10 Å². The Bertz CT molecular complexity index is 638. The second kappa shape index (κ2) is 5.81. The Labute approximate surface area is 135 Å². The number of carbonyl (C=O) groups is 2. The molecule has 0 saturated carbocycles. The molecule has 1 aromatic rings. The van der Waals surface area contributed by atoms with Crippen molar-refractivity contribution in [3.8, 4) is 5.75 Å². The summed E-state index contributed by atoms with van der Waals surface area (Å²) in [6.45, 7) is 5.16. The van der Waals surface area contributed by atoms with Crippen LogP contribution in [-0.2, 0) is 19.1 Å². The number of Topliss-reactive ketones (excluding diaryl/α,β-unsaturated/α-hetero) is 1. The second-order valence-corrected chi connectivity index (χ2v) is 6.07. The molecule has 2 heterocycles. The number of rotatable bonds is 4. The molecule has 1 saturated heterocycles. The molecule has 0 spiro atoms. The van der Waals surface area contributed by atoms with Crippen LogP contribution >= 0.6 is 0 Å². The molecule has 0 aromatic heterocycles. The summed E-state index contributed by atoms with van der Waals surface area (Å²) >= 11 is 0. The monoisotopic (exact) mass is 316 g/mol. The molecule has 0 aliphatic carbocycles. The molecular weight excluding hydrogens is 296 g/mol. The van der Waals surface area contributed by atoms with E-state index in [1.54, 1.807) is 38.1 Å². The standard InChI is InChI=1S/C18H20O5/c1-11-15-9-10-18(22-15,12(2)16(11)19)23-17(20)13(3)21-14-7-5-4-6-8-14/h4-13,15H,1-3H3/t11-,12-,13?,15-,18+/m1/s1. The van der Waals surface area contributed by atoms with E-state index in [1.165, 1.54) is 0 Å². The van der Waals surface area contributed by atoms with Crippen molar-refractivity contribution in [3.63, 3.8) is 0 Å². The van der Waals surface area contributed by atoms with Crippen molar-refractivity contribution >= 4 is 11.8 Å². The normalized spacial score (nSPS) is 33.3. The highest BCUT2D eigenvalue weighted by Crippen LogP contribution is 2.42. The fourth-order valence-corrected chi connectivity index (χ4v) is 2.93. The minimum Gasteiger partial charge on any atom is -0.479 e. The molecule has 0 N–H and O–H groups in total. The average molecular weight is 316 g/mol. The zero-order valence-electron chi connectivity index (χ0n) is 13.4. The molecule has 1 fully saturated rings. The molecular formula is C18H20O5. The van der Waals surface area contributed by atoms with Gasteiger partial charge in [0.05, 0.1) is 12.0 Å². The number of hydrogen-bond donors (Lipinski definition) is 0. The van der Waals surface area contributed by atoms with Gasteiger partial charge in [-0.15, -0.1) is 0 Å². The summed E-state index contributed by atoms with van der Waals surface area (Å²) in [5, 5.41) is 0. The van der Waals surface area contributed by atoms with Gasteiger partial charge in [0.25, 0.3) is 0 Å². The van der Waals surface area contributed by atoms with Gasteiger partial charge in [-0.1, -0.05) is 31.2 Å². The molecule has 0 amide bonds. The third-order valence-corrected chi connectivity index (χ3v) is 4.46. The second-order valence-electron chi connectivity index (χ2n) is 6.07. The minimum absolute atomic E-state index is 0.0377. The highest BCUT2D eigenvalue weighted by atomic mass is 16.7. The van der Waals surface area contributed by atoms with Gasteiger partial charge in [-0.3, -0.25) is 4.79 Å². The number of hydrogen-bond acceptors (Lipinski definition) is 5. The number of esters is 1. The number of carbonyl (C=O) groups excluding carboxylic acids is 2. The molecule has 2 aliphatic rings. The first kappa shape index (κ1) is 15.7. The third-order valence-electron chi connectivity index (χ3n) is 4.46. The van der Waals surface area contributed by atoms with E-state index in [2.05, 4.69) is 0 Å². The summed E-state index contributed by atoms with van der Waals surface area (Å²) in [5.41, 5.74) is 0. The lowest BCUT2D eigenvalue weighted by Gasteiger charge is -2.39. The Kier molecular flexibility index (Phi) is 3.98. The molecule has 2 aliphatic heterocycles. The summed E-state index contributed by atoms with van der Waals surface area (Å²) < 4.78 is 16.9. The van der Waals surface area contributed by atoms with Crippen LogP contribution in [0.1, 0.15) is 20.8 Å². The van der Waals surface area contributed by atoms with Gasteiger partial charge in [-0.2, -0.15) is 0 Å². The maximum absolute atomic E-state index is 12.4. The van der Waals surface area contributed by atoms with Gasteiger partial charge in [-0.25, -0.2) is 4.79 Å². The van der Waals surface area contributed by atoms with E-state index < -0.39 is 23.8 Å². The first-order valence-corrected chi connectivity index (χ1v) is 7.78. The molecule has 23 heavy (non-hydrogen) atoms. The van der Waals surface area contributed by atoms with Crippen molar-refractivity contribution in [2.24, 2.45) is 11.8 Å². The van der Waals surface area contributed by atoms with Crippen molar-refractivity contribution in [2.75, 3.05) is 0 Å². The van der Waals surface area contributed by atoms with Crippen LogP contribution in [0.4, 0.5) is 0 Å². The molecule has 5 atom stereocenters. The Balaban J connectivity index is 1.70. The van der Waals surface area contributed by atoms with Gasteiger partial charge in [-0.05, 0) is 32.1 Å². The quantitative estimate of drug-likeness (QED) is 0.631. The number of ether oxygens (including phenoxy) is 3. The van der Waals surface area contributed by atoms with Crippen molar-refractivity contribution in [1.29, 1.82) is 0 Å². The summed E-state index contributed by atoms with van der Waals surface area (Å²) in [6, 6.07) is 9.03. The highest BCUT2D eigenvalue weighted by molar-refractivity contribution is 5.87. The molecule has 122 valence electrons. The summed E-state index contributed by atoms with van der Waals surface area (Å²) in [6.07, 6.45) is 2.33. The van der Waals surface area contributed by atoms with Crippen molar-refractivity contribution < 1.29 is 23.8 Å². The Morgan fingerprint density at radius 3 is 2.65 bits per heavy atom. The van der Waals surface area contributed by atoms with Crippen LogP contribution < -0.4 is 4.74 Å². The molecule has 1 aromatic carbocycles. The van der Waals surface area contributed by atoms with Crippen LogP contribution in [0.15, 0.2) is 42.5 Å². The summed E-state index contributed by atoms with van der Waals surface area (Å²) in [7, 11) is 0. The lowest BCUT2D eigenvalue weighted by molar-refractivity contribution is -0.249. The van der Waals surface area contributed by atoms with Crippen molar-refractivity contribution in [3.05, 3.63) is 42.5 Å². The van der Waals surface area contributed by atoms with E-state index in [4.69, 9.17) is 14.2 Å². The lowest BCUT2D eigenvalue weighted by atomic mass is 9.86. The van der Waals surface area contributed by atoms with Gasteiger partial charge in [0.1, 0.15) is 11.5 Å². The van der Waals surface area contributed by atoms with Crippen LogP contribution in [0.5, 0.6) is 5.75 Å². The van der Waals surface area contributed by atoms with E-state index in [-0.39, 0.29) is 17.8 Å². The van der Waals surface area contributed by atoms with Crippen LogP contribution in [0.2, 0.25) is 0 Å². The van der Waals surface area contributed by atoms with Gasteiger partial charge >= 0.3 is 5.97 Å². The predicted octanol–water partition coefficient (Wildman–Crippen LogP) is 2.50.